The molecule has 1 unspecified atom stereocenters. The summed E-state index contributed by atoms with van der Waals surface area (Å²) in [5.74, 6) is -0.763. The molecule has 0 aliphatic heterocycles. The third-order valence-electron chi connectivity index (χ3n) is 3.68. The number of anilines is 1. The fraction of sp³-hybridized carbons (Fsp3) is 0.105. The number of amides is 1. The number of nitrogens with zero attached hydrogens (tertiary/aromatic N) is 2. The lowest BCUT2D eigenvalue weighted by molar-refractivity contribution is -0.384. The van der Waals surface area contributed by atoms with E-state index in [9.17, 15) is 19.7 Å². The van der Waals surface area contributed by atoms with Crippen LogP contribution in [0.5, 0.6) is 0 Å². The van der Waals surface area contributed by atoms with E-state index in [0.717, 1.165) is 17.4 Å². The first-order valence-electron chi connectivity index (χ1n) is 8.36. The Morgan fingerprint density at radius 2 is 2.17 bits per heavy atom. The minimum Gasteiger partial charge on any atom is -0.465 e. The number of carbonyl (C=O) groups is 2. The molecule has 0 spiro atoms. The molecule has 1 atom stereocenters. The zero-order valence-electron chi connectivity index (χ0n) is 15.1. The zero-order valence-corrected chi connectivity index (χ0v) is 15.9. The van der Waals surface area contributed by atoms with Crippen LogP contribution in [-0.4, -0.2) is 27.9 Å². The van der Waals surface area contributed by atoms with Gasteiger partial charge in [-0.25, -0.2) is 9.78 Å². The van der Waals surface area contributed by atoms with E-state index in [2.05, 4.69) is 10.3 Å². The molecule has 0 bridgehead atoms. The van der Waals surface area contributed by atoms with Crippen LogP contribution >= 0.6 is 11.3 Å². The van der Waals surface area contributed by atoms with Gasteiger partial charge in [-0.05, 0) is 25.1 Å². The van der Waals surface area contributed by atoms with Crippen LogP contribution in [0.15, 0.2) is 58.5 Å². The maximum atomic E-state index is 12.2. The number of benzene rings is 1. The summed E-state index contributed by atoms with van der Waals surface area (Å²) in [6, 6.07) is 9.37. The molecule has 0 saturated heterocycles. The molecule has 1 aromatic carbocycles. The average Bonchev–Trinajstić information content (AvgIpc) is 3.38. The number of thiazole rings is 1. The molecule has 29 heavy (non-hydrogen) atoms. The maximum Gasteiger partial charge on any atom is 0.331 e. The van der Waals surface area contributed by atoms with Crippen molar-refractivity contribution in [1.82, 2.24) is 4.98 Å². The molecule has 1 N–H and O–H groups in total. The van der Waals surface area contributed by atoms with E-state index in [1.165, 1.54) is 31.4 Å². The highest BCUT2D eigenvalue weighted by Gasteiger charge is 2.18. The molecule has 2 heterocycles. The molecule has 148 valence electrons. The molecule has 0 aliphatic rings. The van der Waals surface area contributed by atoms with Crippen molar-refractivity contribution < 1.29 is 23.7 Å². The predicted octanol–water partition coefficient (Wildman–Crippen LogP) is 3.89. The quantitative estimate of drug-likeness (QED) is 0.269. The Bertz CT molecular complexity index is 1060. The molecule has 0 fully saturated rings. The van der Waals surface area contributed by atoms with Crippen molar-refractivity contribution in [2.24, 2.45) is 0 Å². The summed E-state index contributed by atoms with van der Waals surface area (Å²) in [6.45, 7) is 1.43. The minimum absolute atomic E-state index is 0.0516. The molecule has 0 aliphatic carbocycles. The van der Waals surface area contributed by atoms with Crippen LogP contribution < -0.4 is 5.32 Å². The summed E-state index contributed by atoms with van der Waals surface area (Å²) < 4.78 is 10.1. The summed E-state index contributed by atoms with van der Waals surface area (Å²) in [4.78, 5) is 38.6. The summed E-state index contributed by atoms with van der Waals surface area (Å²) in [5, 5.41) is 15.4. The highest BCUT2D eigenvalue weighted by Crippen LogP contribution is 2.27. The average molecular weight is 413 g/mol. The number of ether oxygens (including phenoxy) is 1. The highest BCUT2D eigenvalue weighted by atomic mass is 32.1. The van der Waals surface area contributed by atoms with E-state index in [1.54, 1.807) is 29.6 Å². The largest absolute Gasteiger partial charge is 0.465 e. The van der Waals surface area contributed by atoms with Gasteiger partial charge >= 0.3 is 5.97 Å². The number of carbonyl (C=O) groups excluding carboxylic acids is 2. The topological polar surface area (TPSA) is 125 Å². The first-order chi connectivity index (χ1) is 13.9. The van der Waals surface area contributed by atoms with E-state index in [1.807, 2.05) is 0 Å². The van der Waals surface area contributed by atoms with Gasteiger partial charge in [0.2, 0.25) is 0 Å². The number of nitrogens with one attached hydrogen (secondary N) is 1. The van der Waals surface area contributed by atoms with Crippen molar-refractivity contribution in [3.05, 3.63) is 70.0 Å². The number of non-ortho nitro benzene ring substituents is 1. The lowest BCUT2D eigenvalue weighted by Gasteiger charge is -2.10. The van der Waals surface area contributed by atoms with Gasteiger partial charge in [-0.2, -0.15) is 0 Å². The van der Waals surface area contributed by atoms with Crippen LogP contribution in [0.25, 0.3) is 17.3 Å². The molecular weight excluding hydrogens is 398 g/mol. The summed E-state index contributed by atoms with van der Waals surface area (Å²) in [5.41, 5.74) is 0.989. The van der Waals surface area contributed by atoms with E-state index in [0.29, 0.717) is 17.0 Å². The zero-order chi connectivity index (χ0) is 20.8. The van der Waals surface area contributed by atoms with Gasteiger partial charge in [0, 0.05) is 29.2 Å². The second kappa shape index (κ2) is 8.93. The highest BCUT2D eigenvalue weighted by molar-refractivity contribution is 7.14. The number of nitro benzene ring substituents is 1. The first kappa shape index (κ1) is 20.0. The molecule has 0 radical (unpaired) electrons. The van der Waals surface area contributed by atoms with Gasteiger partial charge in [0.15, 0.2) is 11.2 Å². The number of rotatable bonds is 7. The molecular formula is C19H15N3O6S. The standard InChI is InChI=1S/C19H15N3O6S/c1-12(28-17(23)8-7-15-6-3-9-27-15)18(24)21-19-20-16(11-29-19)13-4-2-5-14(10-13)22(25)26/h2-12H,1H3,(H,20,21,24)/b8-7+. The second-order valence-corrected chi connectivity index (χ2v) is 6.62. The number of esters is 1. The molecule has 1 amide bonds. The Balaban J connectivity index is 1.58. The Kier molecular flexibility index (Phi) is 6.15. The Labute approximate surface area is 168 Å². The molecule has 2 aromatic heterocycles. The van der Waals surface area contributed by atoms with Gasteiger partial charge in [-0.3, -0.25) is 20.2 Å². The monoisotopic (exact) mass is 413 g/mol. The van der Waals surface area contributed by atoms with E-state index < -0.39 is 22.9 Å². The van der Waals surface area contributed by atoms with Crippen LogP contribution in [0.4, 0.5) is 10.8 Å². The normalized spacial score (nSPS) is 11.9. The van der Waals surface area contributed by atoms with Crippen LogP contribution in [0, 0.1) is 10.1 Å². The number of hydrogen-bond donors (Lipinski definition) is 1. The number of hydrogen-bond acceptors (Lipinski definition) is 8. The minimum atomic E-state index is -1.05. The smallest absolute Gasteiger partial charge is 0.331 e. The lowest BCUT2D eigenvalue weighted by atomic mass is 10.1. The molecule has 3 rings (SSSR count). The van der Waals surface area contributed by atoms with Crippen LogP contribution in [0.1, 0.15) is 12.7 Å². The summed E-state index contributed by atoms with van der Waals surface area (Å²) in [6.07, 6.45) is 3.01. The van der Waals surface area contributed by atoms with Gasteiger partial charge in [0.05, 0.1) is 16.9 Å². The Hall–Kier alpha value is -3.79. The third kappa shape index (κ3) is 5.36. The third-order valence-corrected chi connectivity index (χ3v) is 4.43. The fourth-order valence-electron chi connectivity index (χ4n) is 2.25. The van der Waals surface area contributed by atoms with Gasteiger partial charge in [0.25, 0.3) is 11.6 Å². The van der Waals surface area contributed by atoms with Crippen molar-refractivity contribution >= 4 is 40.1 Å². The van der Waals surface area contributed by atoms with Gasteiger partial charge in [0.1, 0.15) is 5.76 Å². The number of furan rings is 1. The van der Waals surface area contributed by atoms with Crippen molar-refractivity contribution in [2.45, 2.75) is 13.0 Å². The second-order valence-electron chi connectivity index (χ2n) is 5.76. The summed E-state index contributed by atoms with van der Waals surface area (Å²) >= 11 is 1.15. The molecule has 9 nitrogen and oxygen atoms in total. The van der Waals surface area contributed by atoms with Crippen molar-refractivity contribution in [2.75, 3.05) is 5.32 Å². The first-order valence-corrected chi connectivity index (χ1v) is 9.24. The fourth-order valence-corrected chi connectivity index (χ4v) is 2.98. The van der Waals surface area contributed by atoms with E-state index in [4.69, 9.17) is 9.15 Å². The maximum absolute atomic E-state index is 12.2. The van der Waals surface area contributed by atoms with Gasteiger partial charge in [-0.15, -0.1) is 11.3 Å². The van der Waals surface area contributed by atoms with Crippen LogP contribution in [-0.2, 0) is 14.3 Å². The predicted molar refractivity (Wildman–Crippen MR) is 106 cm³/mol. The van der Waals surface area contributed by atoms with Crippen molar-refractivity contribution in [1.29, 1.82) is 0 Å². The Morgan fingerprint density at radius 1 is 1.34 bits per heavy atom. The van der Waals surface area contributed by atoms with Crippen molar-refractivity contribution in [3.8, 4) is 11.3 Å². The van der Waals surface area contributed by atoms with E-state index >= 15 is 0 Å². The molecule has 10 heteroatoms. The van der Waals surface area contributed by atoms with E-state index in [-0.39, 0.29) is 10.8 Å². The van der Waals surface area contributed by atoms with Crippen molar-refractivity contribution in [3.63, 3.8) is 0 Å². The SMILES string of the molecule is CC(OC(=O)/C=C/c1ccco1)C(=O)Nc1nc(-c2cccc([N+](=O)[O-])c2)cs1. The molecule has 3 aromatic rings. The lowest BCUT2D eigenvalue weighted by Crippen LogP contribution is -2.29. The van der Waals surface area contributed by atoms with Gasteiger partial charge in [-0.1, -0.05) is 12.1 Å². The number of aromatic nitrogens is 1. The number of nitro groups is 1. The van der Waals surface area contributed by atoms with Crippen LogP contribution in [0.2, 0.25) is 0 Å². The van der Waals surface area contributed by atoms with Gasteiger partial charge < -0.3 is 9.15 Å². The summed E-state index contributed by atoms with van der Waals surface area (Å²) in [7, 11) is 0. The van der Waals surface area contributed by atoms with Crippen LogP contribution in [0.3, 0.4) is 0 Å². The molecule has 0 saturated carbocycles. The Morgan fingerprint density at radius 3 is 2.90 bits per heavy atom.